The van der Waals surface area contributed by atoms with Gasteiger partial charge in [0.1, 0.15) is 29.3 Å². The topological polar surface area (TPSA) is 114 Å². The molecule has 0 aliphatic heterocycles. The van der Waals surface area contributed by atoms with E-state index < -0.39 is 53.2 Å². The van der Waals surface area contributed by atoms with Gasteiger partial charge in [-0.2, -0.15) is 11.8 Å². The molecule has 3 unspecified atom stereocenters. The van der Waals surface area contributed by atoms with Crippen LogP contribution in [-0.2, 0) is 30.3 Å². The first-order valence-electron chi connectivity index (χ1n) is 14.5. The van der Waals surface area contributed by atoms with Crippen molar-refractivity contribution in [3.63, 3.8) is 0 Å². The number of amides is 3. The molecule has 3 amide bonds. The molecule has 0 fully saturated rings. The van der Waals surface area contributed by atoms with Gasteiger partial charge in [0, 0.05) is 12.5 Å². The van der Waals surface area contributed by atoms with Gasteiger partial charge in [-0.1, -0.05) is 61.0 Å². The molecular formula is C34H45N3O6S. The summed E-state index contributed by atoms with van der Waals surface area (Å²) >= 11 is 1.49. The standard InChI is InChI=1S/C34H45N3O6S/c1-10-37(30(39)26(20-21-44-9)36-32(41)43-34(6,7)8)28(25-19-15-14-16-23(25)2)29(38)35-27(31(40)42-33(3,4)5)22-24-17-12-11-13-18-24/h1,11-19,26-28H,20-22H2,2-9H3,(H,35,38)(H,36,41). The summed E-state index contributed by atoms with van der Waals surface area (Å²) in [6.45, 7) is 12.2. The minimum absolute atomic E-state index is 0.155. The average Bonchev–Trinajstić information content (AvgIpc) is 2.92. The number of thioether (sulfide) groups is 1. The second-order valence-corrected chi connectivity index (χ2v) is 13.3. The van der Waals surface area contributed by atoms with Crippen molar-refractivity contribution in [2.75, 3.05) is 12.0 Å². The summed E-state index contributed by atoms with van der Waals surface area (Å²) in [5, 5.41) is 5.45. The predicted molar refractivity (Wildman–Crippen MR) is 174 cm³/mol. The first-order chi connectivity index (χ1) is 20.6. The van der Waals surface area contributed by atoms with E-state index in [9.17, 15) is 19.2 Å². The van der Waals surface area contributed by atoms with Crippen LogP contribution in [0.3, 0.4) is 0 Å². The molecule has 238 valence electrons. The molecule has 0 saturated carbocycles. The van der Waals surface area contributed by atoms with E-state index in [0.29, 0.717) is 16.9 Å². The molecule has 0 aliphatic carbocycles. The Morgan fingerprint density at radius 1 is 0.886 bits per heavy atom. The van der Waals surface area contributed by atoms with E-state index in [1.54, 1.807) is 72.7 Å². The summed E-state index contributed by atoms with van der Waals surface area (Å²) in [4.78, 5) is 55.2. The Morgan fingerprint density at radius 3 is 2.02 bits per heavy atom. The van der Waals surface area contributed by atoms with Crippen molar-refractivity contribution in [2.24, 2.45) is 0 Å². The smallest absolute Gasteiger partial charge is 0.408 e. The molecule has 44 heavy (non-hydrogen) atoms. The maximum absolute atomic E-state index is 14.2. The Kier molecular flexibility index (Phi) is 13.3. The second kappa shape index (κ2) is 16.2. The van der Waals surface area contributed by atoms with E-state index >= 15 is 0 Å². The monoisotopic (exact) mass is 623 g/mol. The van der Waals surface area contributed by atoms with Crippen molar-refractivity contribution >= 4 is 35.6 Å². The number of carbonyl (C=O) groups is 4. The van der Waals surface area contributed by atoms with Gasteiger partial charge in [0.05, 0.1) is 0 Å². The number of nitrogens with zero attached hydrogens (tertiary/aromatic N) is 1. The van der Waals surface area contributed by atoms with Gasteiger partial charge >= 0.3 is 12.1 Å². The Hall–Kier alpha value is -3.97. The van der Waals surface area contributed by atoms with E-state index in [-0.39, 0.29) is 12.8 Å². The highest BCUT2D eigenvalue weighted by Gasteiger charge is 2.38. The van der Waals surface area contributed by atoms with Crippen LogP contribution in [0.15, 0.2) is 54.6 Å². The lowest BCUT2D eigenvalue weighted by atomic mass is 9.97. The summed E-state index contributed by atoms with van der Waals surface area (Å²) < 4.78 is 11.0. The molecule has 2 N–H and O–H groups in total. The molecule has 0 aromatic heterocycles. The fourth-order valence-corrected chi connectivity index (χ4v) is 4.81. The van der Waals surface area contributed by atoms with Crippen molar-refractivity contribution in [1.82, 2.24) is 15.5 Å². The predicted octanol–water partition coefficient (Wildman–Crippen LogP) is 5.17. The molecule has 2 aromatic rings. The normalized spacial score (nSPS) is 13.4. The number of benzene rings is 2. The SMILES string of the molecule is C#CN(C(=O)C(CCSC)NC(=O)OC(C)(C)C)C(C(=O)NC(Cc1ccccc1)C(=O)OC(C)(C)C)c1ccccc1C. The highest BCUT2D eigenvalue weighted by Crippen LogP contribution is 2.26. The highest BCUT2D eigenvalue weighted by molar-refractivity contribution is 7.98. The number of hydrogen-bond donors (Lipinski definition) is 2. The Balaban J connectivity index is 2.53. The minimum atomic E-state index is -1.31. The lowest BCUT2D eigenvalue weighted by molar-refractivity contribution is -0.159. The number of terminal acetylenes is 1. The van der Waals surface area contributed by atoms with E-state index in [0.717, 1.165) is 10.5 Å². The van der Waals surface area contributed by atoms with Gasteiger partial charge in [-0.15, -0.1) is 0 Å². The third kappa shape index (κ3) is 11.6. The number of nitrogens with one attached hydrogen (secondary N) is 2. The molecule has 10 heteroatoms. The fraction of sp³-hybridized carbons (Fsp3) is 0.471. The van der Waals surface area contributed by atoms with Crippen LogP contribution in [-0.4, -0.2) is 64.1 Å². The van der Waals surface area contributed by atoms with Crippen LogP contribution < -0.4 is 10.6 Å². The van der Waals surface area contributed by atoms with Gasteiger partial charge in [0.25, 0.3) is 5.91 Å². The number of hydrogen-bond acceptors (Lipinski definition) is 7. The minimum Gasteiger partial charge on any atom is -0.458 e. The Labute approximate surface area is 265 Å². The molecule has 0 heterocycles. The summed E-state index contributed by atoms with van der Waals surface area (Å²) in [7, 11) is 0. The maximum Gasteiger partial charge on any atom is 0.408 e. The molecule has 0 spiro atoms. The zero-order valence-corrected chi connectivity index (χ0v) is 27.7. The van der Waals surface area contributed by atoms with Gasteiger partial charge in [-0.3, -0.25) is 14.5 Å². The van der Waals surface area contributed by atoms with Crippen molar-refractivity contribution in [3.05, 3.63) is 71.3 Å². The molecule has 9 nitrogen and oxygen atoms in total. The van der Waals surface area contributed by atoms with Crippen molar-refractivity contribution in [2.45, 2.75) is 90.6 Å². The first-order valence-corrected chi connectivity index (χ1v) is 15.9. The lowest BCUT2D eigenvalue weighted by Crippen LogP contribution is -2.54. The second-order valence-electron chi connectivity index (χ2n) is 12.4. The highest BCUT2D eigenvalue weighted by atomic mass is 32.2. The molecule has 0 aliphatic rings. The molecule has 0 saturated heterocycles. The summed E-state index contributed by atoms with van der Waals surface area (Å²) in [5.41, 5.74) is 0.394. The molecule has 0 radical (unpaired) electrons. The summed E-state index contributed by atoms with van der Waals surface area (Å²) in [6.07, 6.45) is 7.43. The van der Waals surface area contributed by atoms with Gasteiger partial charge in [0.2, 0.25) is 5.91 Å². The molecule has 2 aromatic carbocycles. The van der Waals surface area contributed by atoms with Crippen LogP contribution in [0.5, 0.6) is 0 Å². The Bertz CT molecular complexity index is 1330. The molecule has 3 atom stereocenters. The quantitative estimate of drug-likeness (QED) is 0.191. The number of alkyl carbamates (subject to hydrolysis) is 1. The van der Waals surface area contributed by atoms with Crippen LogP contribution in [0.2, 0.25) is 0 Å². The zero-order valence-electron chi connectivity index (χ0n) is 26.9. The number of ether oxygens (including phenoxy) is 2. The van der Waals surface area contributed by atoms with Crippen LogP contribution in [0.4, 0.5) is 4.79 Å². The van der Waals surface area contributed by atoms with E-state index in [1.807, 2.05) is 36.6 Å². The lowest BCUT2D eigenvalue weighted by Gasteiger charge is -2.32. The van der Waals surface area contributed by atoms with E-state index in [2.05, 4.69) is 16.7 Å². The van der Waals surface area contributed by atoms with Crippen LogP contribution in [0, 0.1) is 19.4 Å². The van der Waals surface area contributed by atoms with Gasteiger partial charge in [0.15, 0.2) is 0 Å². The largest absolute Gasteiger partial charge is 0.458 e. The van der Waals surface area contributed by atoms with Crippen molar-refractivity contribution < 1.29 is 28.7 Å². The zero-order chi connectivity index (χ0) is 33.1. The molecule has 2 rings (SSSR count). The molecular weight excluding hydrogens is 578 g/mol. The average molecular weight is 624 g/mol. The number of esters is 1. The van der Waals surface area contributed by atoms with Crippen LogP contribution >= 0.6 is 11.8 Å². The third-order valence-electron chi connectivity index (χ3n) is 6.26. The number of rotatable bonds is 12. The van der Waals surface area contributed by atoms with Crippen LogP contribution in [0.25, 0.3) is 0 Å². The third-order valence-corrected chi connectivity index (χ3v) is 6.90. The summed E-state index contributed by atoms with van der Waals surface area (Å²) in [5.74, 6) is -1.42. The van der Waals surface area contributed by atoms with Crippen molar-refractivity contribution in [3.8, 4) is 12.5 Å². The summed E-state index contributed by atoms with van der Waals surface area (Å²) in [6, 6.07) is 15.2. The maximum atomic E-state index is 14.2. The first kappa shape index (κ1) is 36.2. The van der Waals surface area contributed by atoms with E-state index in [1.165, 1.54) is 11.8 Å². The number of aryl methyl sites for hydroxylation is 1. The van der Waals surface area contributed by atoms with Crippen molar-refractivity contribution in [1.29, 1.82) is 0 Å². The van der Waals surface area contributed by atoms with Gasteiger partial charge < -0.3 is 20.1 Å². The van der Waals surface area contributed by atoms with Gasteiger partial charge in [-0.05, 0) is 83.6 Å². The fourth-order valence-electron chi connectivity index (χ4n) is 4.33. The van der Waals surface area contributed by atoms with E-state index in [4.69, 9.17) is 15.9 Å². The van der Waals surface area contributed by atoms with Gasteiger partial charge in [-0.25, -0.2) is 9.59 Å². The van der Waals surface area contributed by atoms with Crippen LogP contribution in [0.1, 0.15) is 70.7 Å². The number of carbonyl (C=O) groups excluding carboxylic acids is 4. The molecule has 0 bridgehead atoms. The Morgan fingerprint density at radius 2 is 1.48 bits per heavy atom.